The Hall–Kier alpha value is -0.160. The van der Waals surface area contributed by atoms with Crippen molar-refractivity contribution >= 4 is 0 Å². The lowest BCUT2D eigenvalue weighted by Gasteiger charge is -2.36. The predicted octanol–water partition coefficient (Wildman–Crippen LogP) is -1.10. The summed E-state index contributed by atoms with van der Waals surface area (Å²) in [5.74, 6) is 0. The van der Waals surface area contributed by atoms with E-state index in [2.05, 4.69) is 9.80 Å². The van der Waals surface area contributed by atoms with Crippen molar-refractivity contribution in [2.24, 2.45) is 5.73 Å². The summed E-state index contributed by atoms with van der Waals surface area (Å²) in [6.45, 7) is 7.19. The van der Waals surface area contributed by atoms with Crippen molar-refractivity contribution in [1.29, 1.82) is 0 Å². The summed E-state index contributed by atoms with van der Waals surface area (Å²) in [5, 5.41) is 8.71. The average molecular weight is 173 g/mol. The lowest BCUT2D eigenvalue weighted by Crippen LogP contribution is -2.52. The van der Waals surface area contributed by atoms with E-state index in [0.29, 0.717) is 0 Å². The molecule has 1 aliphatic rings. The first-order valence-electron chi connectivity index (χ1n) is 4.57. The van der Waals surface area contributed by atoms with Gasteiger partial charge in [-0.15, -0.1) is 0 Å². The summed E-state index contributed by atoms with van der Waals surface area (Å²) in [5.41, 5.74) is 5.74. The minimum absolute atomic E-state index is 0.168. The minimum atomic E-state index is 0.168. The second kappa shape index (κ2) is 4.77. The highest BCUT2D eigenvalue weighted by Gasteiger charge is 2.17. The first-order chi connectivity index (χ1) is 5.74. The Morgan fingerprint density at radius 3 is 2.33 bits per heavy atom. The van der Waals surface area contributed by atoms with Gasteiger partial charge < -0.3 is 10.8 Å². The zero-order valence-electron chi connectivity index (χ0n) is 7.74. The highest BCUT2D eigenvalue weighted by molar-refractivity contribution is 4.73. The summed E-state index contributed by atoms with van der Waals surface area (Å²) in [7, 11) is 0. The normalized spacial score (nSPS) is 24.2. The van der Waals surface area contributed by atoms with Gasteiger partial charge in [0, 0.05) is 32.7 Å². The van der Waals surface area contributed by atoms with Crippen molar-refractivity contribution in [3.8, 4) is 0 Å². The Balaban J connectivity index is 2.20. The SMILES string of the molecule is CC(N)N1CCN(CCO)CC1. The Bertz CT molecular complexity index is 121. The van der Waals surface area contributed by atoms with Crippen molar-refractivity contribution in [3.63, 3.8) is 0 Å². The molecule has 0 aromatic rings. The zero-order chi connectivity index (χ0) is 8.97. The molecule has 0 aromatic heterocycles. The van der Waals surface area contributed by atoms with Gasteiger partial charge in [-0.1, -0.05) is 0 Å². The van der Waals surface area contributed by atoms with Gasteiger partial charge in [-0.3, -0.25) is 9.80 Å². The minimum Gasteiger partial charge on any atom is -0.395 e. The molecule has 1 rings (SSSR count). The summed E-state index contributed by atoms with van der Waals surface area (Å²) in [4.78, 5) is 4.52. The highest BCUT2D eigenvalue weighted by Crippen LogP contribution is 2.02. The van der Waals surface area contributed by atoms with Crippen LogP contribution in [0.2, 0.25) is 0 Å². The number of hydrogen-bond donors (Lipinski definition) is 2. The van der Waals surface area contributed by atoms with Crippen molar-refractivity contribution in [2.45, 2.75) is 13.1 Å². The van der Waals surface area contributed by atoms with Gasteiger partial charge in [0.15, 0.2) is 0 Å². The van der Waals surface area contributed by atoms with E-state index in [1.807, 2.05) is 6.92 Å². The summed E-state index contributed by atoms with van der Waals surface area (Å²) in [6, 6.07) is 0. The maximum Gasteiger partial charge on any atom is 0.0558 e. The van der Waals surface area contributed by atoms with Gasteiger partial charge in [-0.2, -0.15) is 0 Å². The maximum absolute atomic E-state index is 8.71. The van der Waals surface area contributed by atoms with E-state index in [9.17, 15) is 0 Å². The topological polar surface area (TPSA) is 52.7 Å². The second-order valence-electron chi connectivity index (χ2n) is 3.34. The van der Waals surface area contributed by atoms with E-state index in [0.717, 1.165) is 32.7 Å². The fourth-order valence-electron chi connectivity index (χ4n) is 1.54. The van der Waals surface area contributed by atoms with Crippen molar-refractivity contribution in [1.82, 2.24) is 9.80 Å². The van der Waals surface area contributed by atoms with Crippen LogP contribution >= 0.6 is 0 Å². The van der Waals surface area contributed by atoms with Gasteiger partial charge in [0.05, 0.1) is 12.8 Å². The number of hydrogen-bond acceptors (Lipinski definition) is 4. The number of nitrogens with two attached hydrogens (primary N) is 1. The smallest absolute Gasteiger partial charge is 0.0558 e. The molecule has 4 heteroatoms. The van der Waals surface area contributed by atoms with E-state index in [1.165, 1.54) is 0 Å². The Morgan fingerprint density at radius 2 is 1.92 bits per heavy atom. The largest absolute Gasteiger partial charge is 0.395 e. The van der Waals surface area contributed by atoms with Crippen LogP contribution in [0.1, 0.15) is 6.92 Å². The first kappa shape index (κ1) is 9.92. The van der Waals surface area contributed by atoms with Crippen molar-refractivity contribution in [2.75, 3.05) is 39.3 Å². The molecule has 0 amide bonds. The Labute approximate surface area is 73.9 Å². The van der Waals surface area contributed by atoms with Gasteiger partial charge in [-0.05, 0) is 6.92 Å². The van der Waals surface area contributed by atoms with Crippen LogP contribution in [0.3, 0.4) is 0 Å². The van der Waals surface area contributed by atoms with Crippen molar-refractivity contribution < 1.29 is 5.11 Å². The predicted molar refractivity (Wildman–Crippen MR) is 48.7 cm³/mol. The summed E-state index contributed by atoms with van der Waals surface area (Å²) < 4.78 is 0. The molecule has 0 spiro atoms. The van der Waals surface area contributed by atoms with Crippen LogP contribution < -0.4 is 5.73 Å². The standard InChI is InChI=1S/C8H19N3O/c1-8(9)11-4-2-10(3-5-11)6-7-12/h8,12H,2-7,9H2,1H3. The van der Waals surface area contributed by atoms with Crippen LogP contribution in [-0.2, 0) is 0 Å². The molecule has 0 bridgehead atoms. The average Bonchev–Trinajstić information content (AvgIpc) is 2.06. The molecule has 4 nitrogen and oxygen atoms in total. The third kappa shape index (κ3) is 2.71. The molecule has 1 saturated heterocycles. The summed E-state index contributed by atoms with van der Waals surface area (Å²) >= 11 is 0. The molecule has 0 aliphatic carbocycles. The van der Waals surface area contributed by atoms with Gasteiger partial charge >= 0.3 is 0 Å². The number of β-amino-alcohol motifs (C(OH)–C–C–N with tert-alkyl or cyclic N) is 1. The molecule has 3 N–H and O–H groups in total. The zero-order valence-corrected chi connectivity index (χ0v) is 7.74. The molecule has 1 unspecified atom stereocenters. The molecular formula is C8H19N3O. The fraction of sp³-hybridized carbons (Fsp3) is 1.00. The van der Waals surface area contributed by atoms with Crippen LogP contribution in [0.4, 0.5) is 0 Å². The molecular weight excluding hydrogens is 154 g/mol. The van der Waals surface area contributed by atoms with Crippen LogP contribution in [0, 0.1) is 0 Å². The number of piperazine rings is 1. The van der Waals surface area contributed by atoms with Crippen LogP contribution in [-0.4, -0.2) is 60.4 Å². The van der Waals surface area contributed by atoms with Crippen molar-refractivity contribution in [3.05, 3.63) is 0 Å². The molecule has 0 aromatic carbocycles. The van der Waals surface area contributed by atoms with Crippen LogP contribution in [0.5, 0.6) is 0 Å². The first-order valence-corrected chi connectivity index (χ1v) is 4.57. The molecule has 1 heterocycles. The van der Waals surface area contributed by atoms with Crippen LogP contribution in [0.15, 0.2) is 0 Å². The monoisotopic (exact) mass is 173 g/mol. The number of aliphatic hydroxyl groups excluding tert-OH is 1. The number of rotatable bonds is 3. The van der Waals surface area contributed by atoms with E-state index in [4.69, 9.17) is 10.8 Å². The molecule has 0 saturated carbocycles. The molecule has 1 aliphatic heterocycles. The summed E-state index contributed by atoms with van der Waals surface area (Å²) in [6.07, 6.45) is 0.168. The molecule has 1 atom stereocenters. The fourth-order valence-corrected chi connectivity index (χ4v) is 1.54. The molecule has 1 fully saturated rings. The number of aliphatic hydroxyl groups is 1. The Morgan fingerprint density at radius 1 is 1.33 bits per heavy atom. The van der Waals surface area contributed by atoms with E-state index in [1.54, 1.807) is 0 Å². The molecule has 12 heavy (non-hydrogen) atoms. The molecule has 72 valence electrons. The van der Waals surface area contributed by atoms with E-state index >= 15 is 0 Å². The van der Waals surface area contributed by atoms with E-state index < -0.39 is 0 Å². The van der Waals surface area contributed by atoms with Gasteiger partial charge in [0.25, 0.3) is 0 Å². The lowest BCUT2D eigenvalue weighted by molar-refractivity contribution is 0.0907. The number of nitrogens with zero attached hydrogens (tertiary/aromatic N) is 2. The van der Waals surface area contributed by atoms with Gasteiger partial charge in [-0.25, -0.2) is 0 Å². The van der Waals surface area contributed by atoms with Gasteiger partial charge in [0.1, 0.15) is 0 Å². The van der Waals surface area contributed by atoms with Gasteiger partial charge in [0.2, 0.25) is 0 Å². The Kier molecular flexibility index (Phi) is 3.94. The van der Waals surface area contributed by atoms with Crippen LogP contribution in [0.25, 0.3) is 0 Å². The quantitative estimate of drug-likeness (QED) is 0.569. The maximum atomic E-state index is 8.71. The molecule has 0 radical (unpaired) electrons. The third-order valence-electron chi connectivity index (χ3n) is 2.40. The third-order valence-corrected chi connectivity index (χ3v) is 2.40. The van der Waals surface area contributed by atoms with E-state index in [-0.39, 0.29) is 12.8 Å². The lowest BCUT2D eigenvalue weighted by atomic mass is 10.3. The second-order valence-corrected chi connectivity index (χ2v) is 3.34. The highest BCUT2D eigenvalue weighted by atomic mass is 16.3.